The molecule has 1 aromatic heterocycles. The van der Waals surface area contributed by atoms with Crippen LogP contribution in [0.25, 0.3) is 11.0 Å². The van der Waals surface area contributed by atoms with E-state index in [4.69, 9.17) is 9.15 Å². The van der Waals surface area contributed by atoms with Crippen LogP contribution in [0.5, 0.6) is 0 Å². The van der Waals surface area contributed by atoms with Gasteiger partial charge in [0.15, 0.2) is 11.2 Å². The van der Waals surface area contributed by atoms with Crippen molar-refractivity contribution in [1.29, 1.82) is 0 Å². The number of aryl methyl sites for hydroxylation is 1. The number of esters is 1. The van der Waals surface area contributed by atoms with E-state index in [1.165, 1.54) is 6.26 Å². The van der Waals surface area contributed by atoms with Gasteiger partial charge in [-0.1, -0.05) is 18.2 Å². The maximum atomic E-state index is 13.6. The lowest BCUT2D eigenvalue weighted by molar-refractivity contribution is -0.153. The summed E-state index contributed by atoms with van der Waals surface area (Å²) in [4.78, 5) is 40.0. The number of rotatable bonds is 3. The largest absolute Gasteiger partial charge is 0.464 e. The van der Waals surface area contributed by atoms with Gasteiger partial charge in [0, 0.05) is 34.9 Å². The van der Waals surface area contributed by atoms with Crippen molar-refractivity contribution in [3.63, 3.8) is 0 Å². The van der Waals surface area contributed by atoms with E-state index in [9.17, 15) is 14.4 Å². The highest BCUT2D eigenvalue weighted by Crippen LogP contribution is 2.44. The molecule has 3 aliphatic rings. The molecule has 2 unspecified atom stereocenters. The van der Waals surface area contributed by atoms with Crippen LogP contribution in [-0.4, -0.2) is 17.9 Å². The van der Waals surface area contributed by atoms with Crippen LogP contribution in [0.15, 0.2) is 57.2 Å². The fourth-order valence-corrected chi connectivity index (χ4v) is 5.33. The molecule has 2 aromatic rings. The fourth-order valence-electron chi connectivity index (χ4n) is 5.33. The van der Waals surface area contributed by atoms with Gasteiger partial charge in [0.1, 0.15) is 17.6 Å². The summed E-state index contributed by atoms with van der Waals surface area (Å²) in [6.07, 6.45) is 6.84. The number of hydrogen-bond donors (Lipinski definition) is 1. The van der Waals surface area contributed by atoms with Crippen molar-refractivity contribution in [3.05, 3.63) is 69.4 Å². The zero-order valence-corrected chi connectivity index (χ0v) is 18.2. The predicted octanol–water partition coefficient (Wildman–Crippen LogP) is 4.41. The number of benzene rings is 1. The number of nitrogens with one attached hydrogen (secondary N) is 1. The van der Waals surface area contributed by atoms with Crippen LogP contribution >= 0.6 is 0 Å². The lowest BCUT2D eigenvalue weighted by atomic mass is 9.71. The SMILES string of the molecule is C=C1NC2=C(C(=O)CCC2)C(c2coc3ccc(C)cc3c2=O)C1C(=O)OC1CCCC1. The molecule has 32 heavy (non-hydrogen) atoms. The summed E-state index contributed by atoms with van der Waals surface area (Å²) in [5.41, 5.74) is 3.21. The molecule has 0 saturated heterocycles. The summed E-state index contributed by atoms with van der Waals surface area (Å²) < 4.78 is 11.6. The van der Waals surface area contributed by atoms with E-state index < -0.39 is 17.8 Å². The summed E-state index contributed by atoms with van der Waals surface area (Å²) in [5, 5.41) is 3.65. The second kappa shape index (κ2) is 8.08. The average Bonchev–Trinajstić information content (AvgIpc) is 3.26. The number of allylic oxidation sites excluding steroid dienone is 2. The number of Topliss-reactive ketones (excluding diaryl/α,β-unsaturated/α-hetero) is 1. The Kier molecular flexibility index (Phi) is 5.24. The van der Waals surface area contributed by atoms with Crippen molar-refractivity contribution in [2.45, 2.75) is 63.9 Å². The molecule has 5 rings (SSSR count). The van der Waals surface area contributed by atoms with Gasteiger partial charge >= 0.3 is 5.97 Å². The third-order valence-corrected chi connectivity index (χ3v) is 6.92. The predicted molar refractivity (Wildman–Crippen MR) is 120 cm³/mol. The van der Waals surface area contributed by atoms with Crippen LogP contribution < -0.4 is 10.7 Å². The quantitative estimate of drug-likeness (QED) is 0.722. The van der Waals surface area contributed by atoms with Gasteiger partial charge in [-0.3, -0.25) is 14.4 Å². The minimum Gasteiger partial charge on any atom is -0.464 e. The first-order valence-corrected chi connectivity index (χ1v) is 11.4. The van der Waals surface area contributed by atoms with E-state index in [0.717, 1.165) is 43.4 Å². The smallest absolute Gasteiger partial charge is 0.316 e. The van der Waals surface area contributed by atoms with Gasteiger partial charge < -0.3 is 14.5 Å². The Bertz CT molecular complexity index is 1210. The maximum Gasteiger partial charge on any atom is 0.316 e. The van der Waals surface area contributed by atoms with Crippen molar-refractivity contribution in [2.24, 2.45) is 5.92 Å². The Labute approximate surface area is 186 Å². The lowest BCUT2D eigenvalue weighted by Crippen LogP contribution is -2.43. The molecule has 0 spiro atoms. The van der Waals surface area contributed by atoms with Crippen molar-refractivity contribution in [3.8, 4) is 0 Å². The molecule has 1 fully saturated rings. The minimum atomic E-state index is -0.860. The summed E-state index contributed by atoms with van der Waals surface area (Å²) in [6.45, 7) is 6.01. The molecule has 6 heteroatoms. The standard InChI is InChI=1S/C26H27NO5/c1-14-10-11-21-17(12-14)25(29)18(13-31-21)23-22(26(30)32-16-6-3-4-7-16)15(2)27-19-8-5-9-20(28)24(19)23/h10-13,16,22-23,27H,2-9H2,1H3. The number of carbonyl (C=O) groups excluding carboxylic acids is 2. The summed E-state index contributed by atoms with van der Waals surface area (Å²) >= 11 is 0. The zero-order valence-electron chi connectivity index (χ0n) is 18.2. The number of ether oxygens (including phenoxy) is 1. The number of carbonyl (C=O) groups is 2. The second-order valence-corrected chi connectivity index (χ2v) is 9.14. The van der Waals surface area contributed by atoms with Crippen LogP contribution in [0, 0.1) is 12.8 Å². The van der Waals surface area contributed by atoms with Gasteiger partial charge in [-0.2, -0.15) is 0 Å². The number of ketones is 1. The topological polar surface area (TPSA) is 85.6 Å². The molecule has 1 N–H and O–H groups in total. The lowest BCUT2D eigenvalue weighted by Gasteiger charge is -2.38. The second-order valence-electron chi connectivity index (χ2n) is 9.14. The Morgan fingerprint density at radius 2 is 1.94 bits per heavy atom. The Hall–Kier alpha value is -3.15. The van der Waals surface area contributed by atoms with Gasteiger partial charge in [0.2, 0.25) is 0 Å². The first kappa shape index (κ1) is 20.7. The van der Waals surface area contributed by atoms with E-state index in [-0.39, 0.29) is 17.3 Å². The third kappa shape index (κ3) is 3.48. The number of hydrogen-bond acceptors (Lipinski definition) is 6. The molecule has 1 saturated carbocycles. The van der Waals surface area contributed by atoms with E-state index in [1.54, 1.807) is 12.1 Å². The van der Waals surface area contributed by atoms with E-state index in [2.05, 4.69) is 11.9 Å². The first-order chi connectivity index (χ1) is 15.4. The van der Waals surface area contributed by atoms with E-state index >= 15 is 0 Å². The van der Waals surface area contributed by atoms with E-state index in [1.807, 2.05) is 13.0 Å². The minimum absolute atomic E-state index is 0.0429. The van der Waals surface area contributed by atoms with Crippen molar-refractivity contribution < 1.29 is 18.7 Å². The molecule has 6 nitrogen and oxygen atoms in total. The molecule has 0 bridgehead atoms. The van der Waals surface area contributed by atoms with Crippen LogP contribution in [0.2, 0.25) is 0 Å². The van der Waals surface area contributed by atoms with Crippen LogP contribution in [0.4, 0.5) is 0 Å². The van der Waals surface area contributed by atoms with Gasteiger partial charge in [-0.05, 0) is 57.6 Å². The van der Waals surface area contributed by atoms with Crippen LogP contribution in [0.3, 0.4) is 0 Å². The zero-order chi connectivity index (χ0) is 22.4. The highest BCUT2D eigenvalue weighted by molar-refractivity contribution is 6.00. The van der Waals surface area contributed by atoms with Crippen molar-refractivity contribution in [1.82, 2.24) is 5.32 Å². The highest BCUT2D eigenvalue weighted by atomic mass is 16.5. The van der Waals surface area contributed by atoms with Crippen molar-refractivity contribution >= 4 is 22.7 Å². The monoisotopic (exact) mass is 433 g/mol. The van der Waals surface area contributed by atoms with Gasteiger partial charge in [-0.15, -0.1) is 0 Å². The summed E-state index contributed by atoms with van der Waals surface area (Å²) in [6, 6.07) is 5.42. The maximum absolute atomic E-state index is 13.6. The van der Waals surface area contributed by atoms with Gasteiger partial charge in [0.05, 0.1) is 11.6 Å². The molecule has 1 aromatic carbocycles. The Morgan fingerprint density at radius 3 is 2.72 bits per heavy atom. The molecular weight excluding hydrogens is 406 g/mol. The molecule has 2 atom stereocenters. The molecule has 0 radical (unpaired) electrons. The molecular formula is C26H27NO5. The molecule has 1 aliphatic heterocycles. The van der Waals surface area contributed by atoms with Crippen LogP contribution in [-0.2, 0) is 14.3 Å². The van der Waals surface area contributed by atoms with Crippen molar-refractivity contribution in [2.75, 3.05) is 0 Å². The van der Waals surface area contributed by atoms with Gasteiger partial charge in [0.25, 0.3) is 0 Å². The third-order valence-electron chi connectivity index (χ3n) is 6.92. The molecule has 2 aliphatic carbocycles. The summed E-state index contributed by atoms with van der Waals surface area (Å²) in [7, 11) is 0. The van der Waals surface area contributed by atoms with Crippen LogP contribution in [0.1, 0.15) is 62.0 Å². The first-order valence-electron chi connectivity index (χ1n) is 11.4. The summed E-state index contributed by atoms with van der Waals surface area (Å²) in [5.74, 6) is -2.10. The fraction of sp³-hybridized carbons (Fsp3) is 0.423. The van der Waals surface area contributed by atoms with Gasteiger partial charge in [-0.25, -0.2) is 0 Å². The Morgan fingerprint density at radius 1 is 1.16 bits per heavy atom. The normalized spacial score (nSPS) is 23.9. The molecule has 0 amide bonds. The number of fused-ring (bicyclic) bond motifs is 1. The average molecular weight is 434 g/mol. The highest BCUT2D eigenvalue weighted by Gasteiger charge is 2.45. The van der Waals surface area contributed by atoms with E-state index in [0.29, 0.717) is 40.6 Å². The molecule has 2 heterocycles. The molecule has 166 valence electrons. The Balaban J connectivity index is 1.66.